The fourth-order valence-electron chi connectivity index (χ4n) is 1.90. The van der Waals surface area contributed by atoms with Crippen LogP contribution in [0.15, 0.2) is 0 Å². The highest BCUT2D eigenvalue weighted by Crippen LogP contribution is 2.23. The smallest absolute Gasteiger partial charge is 0.219 e. The first-order valence-electron chi connectivity index (χ1n) is 4.26. The second-order valence-corrected chi connectivity index (χ2v) is 3.53. The van der Waals surface area contributed by atoms with Crippen molar-refractivity contribution >= 4 is 5.91 Å². The number of nitrogens with one attached hydrogen (secondary N) is 1. The molecule has 3 heteroatoms. The van der Waals surface area contributed by atoms with Gasteiger partial charge in [-0.2, -0.15) is 0 Å². The molecule has 0 spiro atoms. The van der Waals surface area contributed by atoms with Gasteiger partial charge >= 0.3 is 0 Å². The Morgan fingerprint density at radius 3 is 2.91 bits per heavy atom. The van der Waals surface area contributed by atoms with Gasteiger partial charge in [0.2, 0.25) is 5.91 Å². The van der Waals surface area contributed by atoms with E-state index in [1.807, 2.05) is 4.90 Å². The highest BCUT2D eigenvalue weighted by Gasteiger charge is 2.35. The Kier molecular flexibility index (Phi) is 1.60. The summed E-state index contributed by atoms with van der Waals surface area (Å²) in [6.45, 7) is 4.72. The Balaban J connectivity index is 1.93. The Bertz CT molecular complexity index is 181. The van der Waals surface area contributed by atoms with Gasteiger partial charge in [-0.1, -0.05) is 0 Å². The molecule has 62 valence electrons. The number of piperidine rings is 1. The van der Waals surface area contributed by atoms with Crippen molar-refractivity contribution in [2.45, 2.75) is 19.4 Å². The number of hydrogen-bond acceptors (Lipinski definition) is 2. The molecule has 2 rings (SSSR count). The van der Waals surface area contributed by atoms with Crippen molar-refractivity contribution in [1.29, 1.82) is 0 Å². The van der Waals surface area contributed by atoms with Crippen LogP contribution in [0.2, 0.25) is 0 Å². The van der Waals surface area contributed by atoms with Gasteiger partial charge in [0.15, 0.2) is 0 Å². The van der Waals surface area contributed by atoms with Gasteiger partial charge in [-0.05, 0) is 18.9 Å². The lowest BCUT2D eigenvalue weighted by Crippen LogP contribution is -2.62. The molecule has 2 aliphatic rings. The summed E-state index contributed by atoms with van der Waals surface area (Å²) < 4.78 is 0. The normalized spacial score (nSPS) is 35.9. The number of likely N-dealkylation sites (tertiary alicyclic amines) is 1. The van der Waals surface area contributed by atoms with E-state index in [0.29, 0.717) is 6.04 Å². The first kappa shape index (κ1) is 7.10. The molecule has 1 N–H and O–H groups in total. The van der Waals surface area contributed by atoms with Gasteiger partial charge in [0.1, 0.15) is 0 Å². The van der Waals surface area contributed by atoms with Crippen LogP contribution < -0.4 is 5.32 Å². The monoisotopic (exact) mass is 154 g/mol. The maximum absolute atomic E-state index is 11.0. The Morgan fingerprint density at radius 2 is 2.45 bits per heavy atom. The molecule has 3 nitrogen and oxygen atoms in total. The maximum Gasteiger partial charge on any atom is 0.219 e. The van der Waals surface area contributed by atoms with E-state index >= 15 is 0 Å². The summed E-state index contributed by atoms with van der Waals surface area (Å²) in [5, 5.41) is 3.34. The number of rotatable bonds is 0. The van der Waals surface area contributed by atoms with E-state index in [9.17, 15) is 4.79 Å². The SMILES string of the molecule is CC(=O)N1CC[C@H]2CN[C@H]2C1. The summed E-state index contributed by atoms with van der Waals surface area (Å²) >= 11 is 0. The number of carbonyl (C=O) groups is 1. The van der Waals surface area contributed by atoms with E-state index in [4.69, 9.17) is 0 Å². The molecular weight excluding hydrogens is 140 g/mol. The van der Waals surface area contributed by atoms with Crippen LogP contribution >= 0.6 is 0 Å². The van der Waals surface area contributed by atoms with E-state index in [0.717, 1.165) is 25.6 Å². The standard InChI is InChI=1S/C8H14N2O/c1-6(11)10-3-2-7-4-9-8(7)5-10/h7-9H,2-5H2,1H3/t7-,8-/m0/s1. The summed E-state index contributed by atoms with van der Waals surface area (Å²) in [6, 6.07) is 0.604. The summed E-state index contributed by atoms with van der Waals surface area (Å²) in [5.74, 6) is 1.07. The quantitative estimate of drug-likeness (QED) is 0.525. The zero-order valence-electron chi connectivity index (χ0n) is 6.84. The predicted octanol–water partition coefficient (Wildman–Crippen LogP) is -0.173. The van der Waals surface area contributed by atoms with Gasteiger partial charge in [-0.25, -0.2) is 0 Å². The Hall–Kier alpha value is -0.570. The van der Waals surface area contributed by atoms with Crippen LogP contribution in [0.4, 0.5) is 0 Å². The largest absolute Gasteiger partial charge is 0.341 e. The number of amides is 1. The molecule has 0 bridgehead atoms. The van der Waals surface area contributed by atoms with Crippen molar-refractivity contribution in [1.82, 2.24) is 10.2 Å². The second kappa shape index (κ2) is 2.48. The third kappa shape index (κ3) is 1.13. The maximum atomic E-state index is 11.0. The second-order valence-electron chi connectivity index (χ2n) is 3.53. The number of nitrogens with zero attached hydrogens (tertiary/aromatic N) is 1. The lowest BCUT2D eigenvalue weighted by Gasteiger charge is -2.46. The molecule has 0 aromatic carbocycles. The van der Waals surface area contributed by atoms with Crippen molar-refractivity contribution in [2.75, 3.05) is 19.6 Å². The van der Waals surface area contributed by atoms with Crippen LogP contribution in [0, 0.1) is 5.92 Å². The predicted molar refractivity (Wildman–Crippen MR) is 42.2 cm³/mol. The first-order chi connectivity index (χ1) is 5.27. The third-order valence-electron chi connectivity index (χ3n) is 2.84. The fraction of sp³-hybridized carbons (Fsp3) is 0.875. The summed E-state index contributed by atoms with van der Waals surface area (Å²) in [5.41, 5.74) is 0. The summed E-state index contributed by atoms with van der Waals surface area (Å²) in [4.78, 5) is 12.9. The van der Waals surface area contributed by atoms with Crippen LogP contribution in [0.5, 0.6) is 0 Å². The van der Waals surface area contributed by atoms with Crippen molar-refractivity contribution in [3.05, 3.63) is 0 Å². The molecule has 0 aromatic rings. The van der Waals surface area contributed by atoms with Crippen LogP contribution in [-0.2, 0) is 4.79 Å². The van der Waals surface area contributed by atoms with Gasteiger partial charge in [-0.15, -0.1) is 0 Å². The first-order valence-corrected chi connectivity index (χ1v) is 4.26. The molecule has 11 heavy (non-hydrogen) atoms. The topological polar surface area (TPSA) is 32.3 Å². The van der Waals surface area contributed by atoms with Crippen LogP contribution in [0.1, 0.15) is 13.3 Å². The number of fused-ring (bicyclic) bond motifs is 1. The zero-order chi connectivity index (χ0) is 7.84. The van der Waals surface area contributed by atoms with Crippen molar-refractivity contribution in [3.63, 3.8) is 0 Å². The summed E-state index contributed by atoms with van der Waals surface area (Å²) in [7, 11) is 0. The van der Waals surface area contributed by atoms with Crippen LogP contribution in [0.3, 0.4) is 0 Å². The van der Waals surface area contributed by atoms with E-state index < -0.39 is 0 Å². The summed E-state index contributed by atoms with van der Waals surface area (Å²) in [6.07, 6.45) is 1.19. The molecule has 0 saturated carbocycles. The van der Waals surface area contributed by atoms with Gasteiger partial charge in [-0.3, -0.25) is 4.79 Å². The lowest BCUT2D eigenvalue weighted by atomic mass is 9.85. The van der Waals surface area contributed by atoms with E-state index in [2.05, 4.69) is 5.32 Å². The fourth-order valence-corrected chi connectivity index (χ4v) is 1.90. The number of hydrogen-bond donors (Lipinski definition) is 1. The zero-order valence-corrected chi connectivity index (χ0v) is 6.84. The van der Waals surface area contributed by atoms with E-state index in [-0.39, 0.29) is 5.91 Å². The Labute approximate surface area is 66.8 Å². The minimum Gasteiger partial charge on any atom is -0.341 e. The highest BCUT2D eigenvalue weighted by atomic mass is 16.2. The Morgan fingerprint density at radius 1 is 1.64 bits per heavy atom. The van der Waals surface area contributed by atoms with Crippen LogP contribution in [-0.4, -0.2) is 36.5 Å². The molecule has 0 radical (unpaired) electrons. The van der Waals surface area contributed by atoms with Crippen molar-refractivity contribution < 1.29 is 4.79 Å². The van der Waals surface area contributed by atoms with Crippen molar-refractivity contribution in [3.8, 4) is 0 Å². The minimum atomic E-state index is 0.220. The van der Waals surface area contributed by atoms with Crippen molar-refractivity contribution in [2.24, 2.45) is 5.92 Å². The number of carbonyl (C=O) groups excluding carboxylic acids is 1. The molecule has 0 aliphatic carbocycles. The van der Waals surface area contributed by atoms with Gasteiger partial charge in [0.05, 0.1) is 0 Å². The van der Waals surface area contributed by atoms with Gasteiger partial charge < -0.3 is 10.2 Å². The molecule has 2 heterocycles. The van der Waals surface area contributed by atoms with Crippen LogP contribution in [0.25, 0.3) is 0 Å². The molecule has 2 aliphatic heterocycles. The van der Waals surface area contributed by atoms with E-state index in [1.54, 1.807) is 6.92 Å². The lowest BCUT2D eigenvalue weighted by molar-refractivity contribution is -0.131. The molecule has 2 atom stereocenters. The van der Waals surface area contributed by atoms with E-state index in [1.165, 1.54) is 6.42 Å². The van der Waals surface area contributed by atoms with Gasteiger partial charge in [0.25, 0.3) is 0 Å². The molecular formula is C8H14N2O. The molecule has 0 aromatic heterocycles. The minimum absolute atomic E-state index is 0.220. The average molecular weight is 154 g/mol. The molecule has 2 saturated heterocycles. The average Bonchev–Trinajstić information content (AvgIpc) is 1.91. The third-order valence-corrected chi connectivity index (χ3v) is 2.84. The molecule has 1 amide bonds. The molecule has 2 fully saturated rings. The molecule has 0 unspecified atom stereocenters. The van der Waals surface area contributed by atoms with Gasteiger partial charge in [0, 0.05) is 26.1 Å². The highest BCUT2D eigenvalue weighted by molar-refractivity contribution is 5.73.